The molecule has 1 aromatic heterocycles. The topological polar surface area (TPSA) is 38.9 Å². The molecule has 2 nitrogen and oxygen atoms in total. The second-order valence-electron chi connectivity index (χ2n) is 3.72. The number of thiazole rings is 1. The van der Waals surface area contributed by atoms with Gasteiger partial charge in [0.15, 0.2) is 0 Å². The molecule has 0 amide bonds. The Bertz CT molecular complexity index is 481. The number of hydrogen-bond acceptors (Lipinski definition) is 3. The van der Waals surface area contributed by atoms with Crippen LogP contribution in [0.1, 0.15) is 22.3 Å². The SMILES string of the molecule is Cc1nc(CC(N)c2cccc(F)c2)cs1. The van der Waals surface area contributed by atoms with Crippen molar-refractivity contribution >= 4 is 11.3 Å². The molecule has 0 bridgehead atoms. The van der Waals surface area contributed by atoms with E-state index in [2.05, 4.69) is 4.98 Å². The summed E-state index contributed by atoms with van der Waals surface area (Å²) in [7, 11) is 0. The van der Waals surface area contributed by atoms with Crippen LogP contribution in [0, 0.1) is 12.7 Å². The standard InChI is InChI=1S/C12H13FN2S/c1-8-15-11(7-16-8)6-12(14)9-3-2-4-10(13)5-9/h2-5,7,12H,6,14H2,1H3. The van der Waals surface area contributed by atoms with Crippen molar-refractivity contribution < 1.29 is 4.39 Å². The Morgan fingerprint density at radius 3 is 2.94 bits per heavy atom. The molecular formula is C12H13FN2S. The number of hydrogen-bond donors (Lipinski definition) is 1. The Morgan fingerprint density at radius 2 is 2.31 bits per heavy atom. The number of nitrogens with two attached hydrogens (primary N) is 1. The Labute approximate surface area is 97.9 Å². The van der Waals surface area contributed by atoms with Crippen molar-refractivity contribution in [2.75, 3.05) is 0 Å². The molecule has 1 heterocycles. The molecule has 0 radical (unpaired) electrons. The van der Waals surface area contributed by atoms with Crippen LogP contribution in [0.25, 0.3) is 0 Å². The van der Waals surface area contributed by atoms with Crippen LogP contribution in [0.5, 0.6) is 0 Å². The molecule has 2 rings (SSSR count). The molecule has 2 aromatic rings. The zero-order valence-corrected chi connectivity index (χ0v) is 9.80. The van der Waals surface area contributed by atoms with Gasteiger partial charge in [0.1, 0.15) is 5.82 Å². The molecular weight excluding hydrogens is 223 g/mol. The van der Waals surface area contributed by atoms with E-state index >= 15 is 0 Å². The number of rotatable bonds is 3. The minimum Gasteiger partial charge on any atom is -0.324 e. The van der Waals surface area contributed by atoms with E-state index in [1.807, 2.05) is 18.4 Å². The first-order valence-corrected chi connectivity index (χ1v) is 5.95. The lowest BCUT2D eigenvalue weighted by molar-refractivity contribution is 0.618. The summed E-state index contributed by atoms with van der Waals surface area (Å²) in [5, 5.41) is 3.02. The summed E-state index contributed by atoms with van der Waals surface area (Å²) in [6, 6.07) is 6.22. The lowest BCUT2D eigenvalue weighted by Crippen LogP contribution is -2.13. The highest BCUT2D eigenvalue weighted by Gasteiger charge is 2.09. The molecule has 84 valence electrons. The highest BCUT2D eigenvalue weighted by atomic mass is 32.1. The molecule has 4 heteroatoms. The summed E-state index contributed by atoms with van der Waals surface area (Å²) >= 11 is 1.60. The molecule has 1 atom stereocenters. The first-order chi connectivity index (χ1) is 7.65. The van der Waals surface area contributed by atoms with Crippen molar-refractivity contribution in [2.45, 2.75) is 19.4 Å². The molecule has 1 aromatic carbocycles. The predicted octanol–water partition coefficient (Wildman–Crippen LogP) is 2.83. The zero-order valence-electron chi connectivity index (χ0n) is 8.98. The molecule has 0 aliphatic rings. The van der Waals surface area contributed by atoms with Crippen LogP contribution in [0.2, 0.25) is 0 Å². The van der Waals surface area contributed by atoms with Crippen LogP contribution in [-0.2, 0) is 6.42 Å². The van der Waals surface area contributed by atoms with Gasteiger partial charge in [-0.2, -0.15) is 0 Å². The van der Waals surface area contributed by atoms with Crippen LogP contribution >= 0.6 is 11.3 Å². The minimum atomic E-state index is -0.248. The second kappa shape index (κ2) is 4.72. The van der Waals surface area contributed by atoms with Gasteiger partial charge >= 0.3 is 0 Å². The minimum absolute atomic E-state index is 0.197. The van der Waals surface area contributed by atoms with Crippen molar-refractivity contribution in [1.29, 1.82) is 0 Å². The quantitative estimate of drug-likeness (QED) is 0.890. The first-order valence-electron chi connectivity index (χ1n) is 5.07. The van der Waals surface area contributed by atoms with E-state index in [-0.39, 0.29) is 11.9 Å². The fraction of sp³-hybridized carbons (Fsp3) is 0.250. The summed E-state index contributed by atoms with van der Waals surface area (Å²) in [6.07, 6.45) is 0.647. The van der Waals surface area contributed by atoms with Gasteiger partial charge in [-0.1, -0.05) is 12.1 Å². The van der Waals surface area contributed by atoms with E-state index in [9.17, 15) is 4.39 Å². The summed E-state index contributed by atoms with van der Waals surface area (Å²) in [5.41, 5.74) is 7.79. The summed E-state index contributed by atoms with van der Waals surface area (Å²) in [4.78, 5) is 4.34. The lowest BCUT2D eigenvalue weighted by atomic mass is 10.0. The summed E-state index contributed by atoms with van der Waals surface area (Å²) in [5.74, 6) is -0.248. The number of halogens is 1. The number of aromatic nitrogens is 1. The summed E-state index contributed by atoms with van der Waals surface area (Å²) < 4.78 is 13.0. The van der Waals surface area contributed by atoms with Gasteiger partial charge in [0, 0.05) is 17.8 Å². The maximum absolute atomic E-state index is 13.0. The van der Waals surface area contributed by atoms with Gasteiger partial charge in [-0.05, 0) is 24.6 Å². The van der Waals surface area contributed by atoms with E-state index in [1.165, 1.54) is 12.1 Å². The van der Waals surface area contributed by atoms with E-state index in [1.54, 1.807) is 17.4 Å². The van der Waals surface area contributed by atoms with Gasteiger partial charge in [0.25, 0.3) is 0 Å². The summed E-state index contributed by atoms with van der Waals surface area (Å²) in [6.45, 7) is 1.96. The first kappa shape index (κ1) is 11.2. The largest absolute Gasteiger partial charge is 0.324 e. The molecule has 1 unspecified atom stereocenters. The average molecular weight is 236 g/mol. The molecule has 0 saturated heterocycles. The van der Waals surface area contributed by atoms with Crippen molar-refractivity contribution in [1.82, 2.24) is 4.98 Å². The highest BCUT2D eigenvalue weighted by Crippen LogP contribution is 2.18. The van der Waals surface area contributed by atoms with Crippen molar-refractivity contribution in [2.24, 2.45) is 5.73 Å². The monoisotopic (exact) mass is 236 g/mol. The Kier molecular flexibility index (Phi) is 3.31. The number of benzene rings is 1. The van der Waals surface area contributed by atoms with Gasteiger partial charge in [-0.25, -0.2) is 9.37 Å². The third-order valence-corrected chi connectivity index (χ3v) is 3.19. The number of aryl methyl sites for hydroxylation is 1. The maximum atomic E-state index is 13.0. The van der Waals surface area contributed by atoms with E-state index in [4.69, 9.17) is 5.73 Å². The molecule has 0 fully saturated rings. The third kappa shape index (κ3) is 2.65. The third-order valence-electron chi connectivity index (χ3n) is 2.37. The van der Waals surface area contributed by atoms with Gasteiger partial charge in [-0.3, -0.25) is 0 Å². The molecule has 0 aliphatic carbocycles. The van der Waals surface area contributed by atoms with Crippen molar-refractivity contribution in [3.63, 3.8) is 0 Å². The van der Waals surface area contributed by atoms with E-state index in [0.29, 0.717) is 6.42 Å². The van der Waals surface area contributed by atoms with Crippen molar-refractivity contribution in [3.8, 4) is 0 Å². The van der Waals surface area contributed by atoms with Crippen LogP contribution in [0.4, 0.5) is 4.39 Å². The van der Waals surface area contributed by atoms with E-state index < -0.39 is 0 Å². The molecule has 2 N–H and O–H groups in total. The van der Waals surface area contributed by atoms with Gasteiger partial charge in [0.2, 0.25) is 0 Å². The lowest BCUT2D eigenvalue weighted by Gasteiger charge is -2.10. The van der Waals surface area contributed by atoms with Crippen LogP contribution in [-0.4, -0.2) is 4.98 Å². The second-order valence-corrected chi connectivity index (χ2v) is 4.79. The van der Waals surface area contributed by atoms with Crippen LogP contribution < -0.4 is 5.73 Å². The normalized spacial score (nSPS) is 12.7. The van der Waals surface area contributed by atoms with Gasteiger partial charge in [-0.15, -0.1) is 11.3 Å². The molecule has 0 saturated carbocycles. The average Bonchev–Trinajstić information content (AvgIpc) is 2.64. The van der Waals surface area contributed by atoms with Crippen LogP contribution in [0.15, 0.2) is 29.6 Å². The predicted molar refractivity (Wildman–Crippen MR) is 63.9 cm³/mol. The van der Waals surface area contributed by atoms with Gasteiger partial charge < -0.3 is 5.73 Å². The van der Waals surface area contributed by atoms with Crippen molar-refractivity contribution in [3.05, 3.63) is 51.7 Å². The maximum Gasteiger partial charge on any atom is 0.123 e. The Morgan fingerprint density at radius 1 is 1.50 bits per heavy atom. The number of nitrogens with zero attached hydrogens (tertiary/aromatic N) is 1. The van der Waals surface area contributed by atoms with Gasteiger partial charge in [0.05, 0.1) is 10.7 Å². The molecule has 16 heavy (non-hydrogen) atoms. The van der Waals surface area contributed by atoms with Crippen LogP contribution in [0.3, 0.4) is 0 Å². The Hall–Kier alpha value is -1.26. The van der Waals surface area contributed by atoms with E-state index in [0.717, 1.165) is 16.3 Å². The zero-order chi connectivity index (χ0) is 11.5. The molecule has 0 spiro atoms. The highest BCUT2D eigenvalue weighted by molar-refractivity contribution is 7.09. The fourth-order valence-electron chi connectivity index (χ4n) is 1.58. The fourth-order valence-corrected chi connectivity index (χ4v) is 2.21. The Balaban J connectivity index is 2.11. The smallest absolute Gasteiger partial charge is 0.123 e. The molecule has 0 aliphatic heterocycles.